The van der Waals surface area contributed by atoms with Gasteiger partial charge < -0.3 is 17.7 Å². The smallest absolute Gasteiger partial charge is 0.227 e. The predicted octanol–water partition coefficient (Wildman–Crippen LogP) is 22.9. The van der Waals surface area contributed by atoms with E-state index >= 15 is 0 Å². The Kier molecular flexibility index (Phi) is 19.6. The molecule has 0 aliphatic heterocycles. The fraction of sp³-hybridized carbons (Fsp3) is 0.333. The zero-order valence-electron chi connectivity index (χ0n) is 66.6. The molecule has 0 N–H and O–H groups in total. The van der Waals surface area contributed by atoms with Crippen LogP contribution in [0.5, 0.6) is 0 Å². The molecule has 0 saturated heterocycles. The Balaban J connectivity index is 0.000000115. The van der Waals surface area contributed by atoms with Crippen molar-refractivity contribution in [2.45, 2.75) is 178 Å². The van der Waals surface area contributed by atoms with Gasteiger partial charge in [0.1, 0.15) is 28.2 Å². The van der Waals surface area contributed by atoms with E-state index in [4.69, 9.17) is 37.6 Å². The maximum Gasteiger partial charge on any atom is 0.227 e. The zero-order valence-corrected chi connectivity index (χ0v) is 66.6. The first-order chi connectivity index (χ1) is 51.7. The number of rotatable bonds is 7. The number of hydrogen-bond acceptors (Lipinski definition) is 8. The van der Waals surface area contributed by atoms with Crippen LogP contribution in [0.4, 0.5) is 0 Å². The highest BCUT2D eigenvalue weighted by Gasteiger charge is 2.29. The van der Waals surface area contributed by atoms with E-state index in [1.54, 1.807) is 0 Å². The highest BCUT2D eigenvalue weighted by molar-refractivity contribution is 6.12. The van der Waals surface area contributed by atoms with E-state index in [2.05, 4.69) is 314 Å². The van der Waals surface area contributed by atoms with Gasteiger partial charge in [0.25, 0.3) is 0 Å². The Morgan fingerprint density at radius 1 is 0.315 bits per heavy atom. The number of aromatic nitrogens is 8. The van der Waals surface area contributed by atoms with Crippen LogP contribution >= 0.6 is 0 Å². The number of hydrogen-bond donors (Lipinski definition) is 0. The molecule has 0 bridgehead atoms. The van der Waals surface area contributed by atoms with Gasteiger partial charge in [-0.15, -0.1) is 0 Å². The summed E-state index contributed by atoms with van der Waals surface area (Å²) in [5.41, 5.74) is 30.5. The van der Waals surface area contributed by atoms with Gasteiger partial charge >= 0.3 is 0 Å². The fourth-order valence-corrected chi connectivity index (χ4v) is 16.8. The number of nitrogens with zero attached hydrogens (tertiary/aromatic N) is 8. The maximum atomic E-state index is 6.41. The van der Waals surface area contributed by atoms with Crippen molar-refractivity contribution in [2.24, 2.45) is 33.6 Å². The van der Waals surface area contributed by atoms with E-state index in [0.29, 0.717) is 17.5 Å². The minimum atomic E-state index is -0.00465. The van der Waals surface area contributed by atoms with E-state index in [1.165, 1.54) is 125 Å². The van der Waals surface area contributed by atoms with Crippen molar-refractivity contribution < 1.29 is 35.9 Å². The normalized spacial score (nSPS) is 13.8. The molecule has 108 heavy (non-hydrogen) atoms. The van der Waals surface area contributed by atoms with Crippen LogP contribution in [0.25, 0.3) is 133 Å². The molecule has 0 radical (unpaired) electrons. The SMILES string of the molecule is Cc1ccc(-c2c(C)ccc3c2oc2nc(C(C)(C)C)ccc23)[n+](C)c1.Cc1ccc(-c2c(C)ccc3c2oc2nc(C4CCCC4)ccc23)[n+](C)c1.Cc1ccc(-c2c(C)ccc3c2oc2nc(C4CCCCC4)ccc23)[n+](C)c1.Cc1ccc(-c2c(C)ccc3c2oc2nc(CC(C)(C)C)ccc23)[n+](C)c1. The summed E-state index contributed by atoms with van der Waals surface area (Å²) in [5, 5.41) is 8.93. The standard InChI is InChI=1S/C25H27N2O.C24H25N2O.C24H27N2O.C23H25N2O/c1-16-9-14-22(27(3)15-16)23-17(2)10-11-19-20-12-13-21(18-7-5-4-6-8-18)26-25(20)28-24(19)23;1-15-8-13-21(26(3)14-15)22-16(2)9-10-18-19-11-12-20(17-6-4-5-7-17)25-24(19)27-23(18)22;1-15-7-12-20(26(6)14-15)21-16(2)8-10-18-19-11-9-17(13-24(3,4)5)25-23(19)27-22(18)21;1-14-7-11-18(25(6)13-14)20-15(2)8-9-16-17-10-12-19(23(3,4)5)24-22(17)26-21(16)20/h9-15,18H,4-8H2,1-3H3;8-14,17H,4-7H2,1-3H3;7-12,14H,13H2,1-6H3;7-13H,1-6H3/q4*+1. The molecule has 2 saturated carbocycles. The molecule has 12 heterocycles. The van der Waals surface area contributed by atoms with Crippen LogP contribution in [0.3, 0.4) is 0 Å². The van der Waals surface area contributed by atoms with Crippen LogP contribution in [-0.4, -0.2) is 19.9 Å². The van der Waals surface area contributed by atoms with Crippen LogP contribution in [0.15, 0.2) is 188 Å². The predicted molar refractivity (Wildman–Crippen MR) is 439 cm³/mol. The van der Waals surface area contributed by atoms with Gasteiger partial charge in [0.2, 0.25) is 45.6 Å². The average molecular weight is 1430 g/mol. The first-order valence-corrected chi connectivity index (χ1v) is 38.9. The molecule has 2 fully saturated rings. The first kappa shape index (κ1) is 72.8. The Bertz CT molecular complexity index is 6160. The Hall–Kier alpha value is -10.7. The summed E-state index contributed by atoms with van der Waals surface area (Å²) in [5.74, 6) is 1.18. The minimum Gasteiger partial charge on any atom is -0.437 e. The summed E-state index contributed by atoms with van der Waals surface area (Å²) in [6.07, 6.45) is 21.2. The Morgan fingerprint density at radius 2 is 0.602 bits per heavy atom. The lowest BCUT2D eigenvalue weighted by Gasteiger charge is -2.20. The summed E-state index contributed by atoms with van der Waals surface area (Å²) in [6, 6.07) is 52.1. The molecule has 548 valence electrons. The minimum absolute atomic E-state index is 0.00465. The van der Waals surface area contributed by atoms with Gasteiger partial charge in [-0.3, -0.25) is 0 Å². The van der Waals surface area contributed by atoms with Crippen LogP contribution < -0.4 is 18.3 Å². The van der Waals surface area contributed by atoms with Crippen LogP contribution in [0.2, 0.25) is 0 Å². The number of aryl methyl sites for hydroxylation is 12. The first-order valence-electron chi connectivity index (χ1n) is 38.9. The second kappa shape index (κ2) is 29.1. The highest BCUT2D eigenvalue weighted by Crippen LogP contribution is 2.44. The van der Waals surface area contributed by atoms with Crippen LogP contribution in [0, 0.1) is 60.8 Å². The van der Waals surface area contributed by atoms with Crippen molar-refractivity contribution in [2.75, 3.05) is 0 Å². The van der Waals surface area contributed by atoms with Gasteiger partial charge in [0.05, 0.1) is 22.3 Å². The summed E-state index contributed by atoms with van der Waals surface area (Å²) in [6.45, 7) is 30.3. The molecule has 12 heteroatoms. The van der Waals surface area contributed by atoms with Crippen molar-refractivity contribution >= 4 is 88.3 Å². The van der Waals surface area contributed by atoms with Crippen molar-refractivity contribution in [3.8, 4) is 45.0 Å². The van der Waals surface area contributed by atoms with Gasteiger partial charge in [-0.1, -0.05) is 122 Å². The van der Waals surface area contributed by atoms with Crippen molar-refractivity contribution in [1.29, 1.82) is 0 Å². The third-order valence-electron chi connectivity index (χ3n) is 22.4. The van der Waals surface area contributed by atoms with E-state index in [-0.39, 0.29) is 10.8 Å². The van der Waals surface area contributed by atoms with Crippen LogP contribution in [-0.2, 0) is 40.0 Å². The van der Waals surface area contributed by atoms with E-state index in [9.17, 15) is 0 Å². The highest BCUT2D eigenvalue weighted by atomic mass is 16.4. The molecule has 12 nitrogen and oxygen atoms in total. The largest absolute Gasteiger partial charge is 0.437 e. The van der Waals surface area contributed by atoms with Gasteiger partial charge in [0.15, 0.2) is 47.1 Å². The maximum absolute atomic E-state index is 6.41. The molecular formula is C96H104N8O4+4. The molecule has 0 atom stereocenters. The van der Waals surface area contributed by atoms with E-state index in [1.807, 2.05) is 0 Å². The van der Waals surface area contributed by atoms with Crippen LogP contribution in [0.1, 0.15) is 178 Å². The molecule has 4 aromatic carbocycles. The van der Waals surface area contributed by atoms with Crippen molar-refractivity contribution in [3.63, 3.8) is 0 Å². The molecule has 16 aromatic rings. The molecule has 2 aliphatic rings. The molecule has 2 aliphatic carbocycles. The second-order valence-electron chi connectivity index (χ2n) is 33.4. The molecule has 18 rings (SSSR count). The van der Waals surface area contributed by atoms with Gasteiger partial charge in [-0.2, -0.15) is 0 Å². The monoisotopic (exact) mass is 1430 g/mol. The lowest BCUT2D eigenvalue weighted by molar-refractivity contribution is -0.660. The zero-order chi connectivity index (χ0) is 75.8. The lowest BCUT2D eigenvalue weighted by atomic mass is 9.86. The van der Waals surface area contributed by atoms with Gasteiger partial charge in [-0.05, 0) is 188 Å². The third-order valence-corrected chi connectivity index (χ3v) is 22.4. The summed E-state index contributed by atoms with van der Waals surface area (Å²) in [7, 11) is 8.37. The van der Waals surface area contributed by atoms with Crippen molar-refractivity contribution in [3.05, 3.63) is 238 Å². The number of furan rings is 4. The molecule has 0 spiro atoms. The van der Waals surface area contributed by atoms with Gasteiger partial charge in [-0.25, -0.2) is 38.2 Å². The molecular weight excluding hydrogens is 1330 g/mol. The number of fused-ring (bicyclic) bond motifs is 12. The summed E-state index contributed by atoms with van der Waals surface area (Å²) >= 11 is 0. The molecule has 0 unspecified atom stereocenters. The van der Waals surface area contributed by atoms with Gasteiger partial charge in [0, 0.05) is 130 Å². The summed E-state index contributed by atoms with van der Waals surface area (Å²) < 4.78 is 34.1. The molecule has 12 aromatic heterocycles. The lowest BCUT2D eigenvalue weighted by Crippen LogP contribution is -2.31. The Morgan fingerprint density at radius 3 is 0.917 bits per heavy atom. The average Bonchev–Trinajstić information content (AvgIpc) is 1.61. The Labute approximate surface area is 635 Å². The third kappa shape index (κ3) is 14.3. The quantitative estimate of drug-likeness (QED) is 0.145. The second-order valence-corrected chi connectivity index (χ2v) is 33.4. The van der Waals surface area contributed by atoms with Crippen molar-refractivity contribution in [1.82, 2.24) is 19.9 Å². The van der Waals surface area contributed by atoms with E-state index < -0.39 is 0 Å². The summed E-state index contributed by atoms with van der Waals surface area (Å²) in [4.78, 5) is 19.5. The fourth-order valence-electron chi connectivity index (χ4n) is 16.8. The number of pyridine rings is 8. The molecule has 0 amide bonds. The topological polar surface area (TPSA) is 120 Å². The number of benzene rings is 4. The van der Waals surface area contributed by atoms with E-state index in [0.717, 1.165) is 134 Å².